The van der Waals surface area contributed by atoms with Crippen molar-refractivity contribution in [2.45, 2.75) is 112 Å². The number of carbonyl (C=O) groups is 1. The lowest BCUT2D eigenvalue weighted by molar-refractivity contribution is -0.205. The summed E-state index contributed by atoms with van der Waals surface area (Å²) in [7, 11) is 0. The molecule has 0 aromatic heterocycles. The molecule has 5 aliphatic rings. The van der Waals surface area contributed by atoms with Gasteiger partial charge in [-0.2, -0.15) is 0 Å². The minimum absolute atomic E-state index is 0.156. The van der Waals surface area contributed by atoms with Crippen molar-refractivity contribution in [1.29, 1.82) is 0 Å². The van der Waals surface area contributed by atoms with E-state index in [0.717, 1.165) is 37.0 Å². The van der Waals surface area contributed by atoms with Gasteiger partial charge in [-0.3, -0.25) is 4.79 Å². The van der Waals surface area contributed by atoms with E-state index < -0.39 is 23.6 Å². The Hall–Kier alpha value is -0.870. The topological polar surface area (TPSA) is 77.8 Å². The molecule has 3 N–H and O–H groups in total. The van der Waals surface area contributed by atoms with Gasteiger partial charge in [-0.25, -0.2) is 0 Å². The van der Waals surface area contributed by atoms with Gasteiger partial charge in [0.1, 0.15) is 0 Å². The van der Waals surface area contributed by atoms with E-state index in [1.54, 1.807) is 6.92 Å². The third-order valence-corrected chi connectivity index (χ3v) is 13.3. The van der Waals surface area contributed by atoms with Crippen molar-refractivity contribution in [2.24, 2.45) is 56.7 Å². The predicted molar refractivity (Wildman–Crippen MR) is 134 cm³/mol. The van der Waals surface area contributed by atoms with Crippen LogP contribution in [0.5, 0.6) is 0 Å². The number of carboxylic acids is 1. The molecule has 0 spiro atoms. The number of aliphatic hydroxyl groups is 2. The molecule has 11 atom stereocenters. The quantitative estimate of drug-likeness (QED) is 0.427. The first-order valence-corrected chi connectivity index (χ1v) is 14.0. The molecule has 0 aromatic rings. The Morgan fingerprint density at radius 1 is 0.941 bits per heavy atom. The molecule has 4 nitrogen and oxygen atoms in total. The molecule has 5 aliphatic carbocycles. The van der Waals surface area contributed by atoms with Crippen LogP contribution in [0.25, 0.3) is 0 Å². The fourth-order valence-electron chi connectivity index (χ4n) is 11.3. The number of carboxylic acid groups (broad SMARTS) is 1. The largest absolute Gasteiger partial charge is 0.481 e. The highest BCUT2D eigenvalue weighted by Gasteiger charge is 2.70. The number of hydrogen-bond acceptors (Lipinski definition) is 3. The summed E-state index contributed by atoms with van der Waals surface area (Å²) in [5.74, 6) is 1.59. The number of hydrogen-bond donors (Lipinski definition) is 3. The van der Waals surface area contributed by atoms with Crippen LogP contribution in [-0.4, -0.2) is 33.5 Å². The second-order valence-electron chi connectivity index (χ2n) is 14.6. The van der Waals surface area contributed by atoms with Crippen LogP contribution in [0.1, 0.15) is 99.8 Å². The van der Waals surface area contributed by atoms with Crippen LogP contribution in [0.2, 0.25) is 0 Å². The lowest BCUT2D eigenvalue weighted by Crippen LogP contribution is -2.66. The third-order valence-electron chi connectivity index (χ3n) is 13.3. The smallest absolute Gasteiger partial charge is 0.312 e. The Bertz CT molecular complexity index is 909. The van der Waals surface area contributed by atoms with Crippen molar-refractivity contribution in [1.82, 2.24) is 0 Å². The standard InChI is InChI=1S/C30H48O4/c1-17(2)18-8-10-22-26(18,3)14-15-28(5)20-9-11-23-27(4,19(20)12-13-29(22,28)6)16-21(31)24(32)30(23,7)25(33)34/h12,17-18,20-24,31-32H,8-11,13-16H2,1-7H3,(H,33,34)/t18-,20+,21-,22-,23-,24+,26-,27-,28-,29+,30?/m1/s1. The van der Waals surface area contributed by atoms with Gasteiger partial charge in [-0.05, 0) is 110 Å². The zero-order valence-corrected chi connectivity index (χ0v) is 22.5. The monoisotopic (exact) mass is 472 g/mol. The van der Waals surface area contributed by atoms with Crippen LogP contribution in [-0.2, 0) is 4.79 Å². The van der Waals surface area contributed by atoms with E-state index in [1.807, 2.05) is 0 Å². The Labute approximate surface area is 206 Å². The highest BCUT2D eigenvalue weighted by molar-refractivity contribution is 5.76. The molecule has 192 valence electrons. The number of aliphatic hydroxyl groups excluding tert-OH is 2. The molecule has 0 bridgehead atoms. The molecule has 0 heterocycles. The number of aliphatic carboxylic acids is 1. The summed E-state index contributed by atoms with van der Waals surface area (Å²) in [5, 5.41) is 32.0. The summed E-state index contributed by atoms with van der Waals surface area (Å²) in [4.78, 5) is 12.5. The Morgan fingerprint density at radius 3 is 2.21 bits per heavy atom. The van der Waals surface area contributed by atoms with Crippen LogP contribution in [0, 0.1) is 56.7 Å². The molecule has 0 radical (unpaired) electrons. The van der Waals surface area contributed by atoms with E-state index in [9.17, 15) is 20.1 Å². The molecular weight excluding hydrogens is 424 g/mol. The van der Waals surface area contributed by atoms with E-state index in [0.29, 0.717) is 17.8 Å². The van der Waals surface area contributed by atoms with Gasteiger partial charge >= 0.3 is 5.97 Å². The zero-order chi connectivity index (χ0) is 25.1. The molecule has 0 aromatic carbocycles. The molecule has 5 rings (SSSR count). The van der Waals surface area contributed by atoms with Crippen molar-refractivity contribution >= 4 is 5.97 Å². The van der Waals surface area contributed by atoms with Gasteiger partial charge < -0.3 is 15.3 Å². The lowest BCUT2D eigenvalue weighted by atomic mass is 9.35. The molecule has 0 saturated heterocycles. The fourth-order valence-corrected chi connectivity index (χ4v) is 11.3. The van der Waals surface area contributed by atoms with Gasteiger partial charge in [0.05, 0.1) is 17.6 Å². The highest BCUT2D eigenvalue weighted by atomic mass is 16.4. The van der Waals surface area contributed by atoms with Crippen molar-refractivity contribution < 1.29 is 20.1 Å². The molecule has 4 heteroatoms. The predicted octanol–water partition coefficient (Wildman–Crippen LogP) is 6.06. The van der Waals surface area contributed by atoms with Crippen molar-refractivity contribution in [3.8, 4) is 0 Å². The molecule has 0 amide bonds. The second kappa shape index (κ2) is 7.34. The summed E-state index contributed by atoms with van der Waals surface area (Å²) in [6.45, 7) is 16.4. The molecule has 34 heavy (non-hydrogen) atoms. The van der Waals surface area contributed by atoms with Gasteiger partial charge in [-0.15, -0.1) is 0 Å². The molecule has 1 unspecified atom stereocenters. The number of rotatable bonds is 2. The summed E-state index contributed by atoms with van der Waals surface area (Å²) >= 11 is 0. The average molecular weight is 473 g/mol. The minimum Gasteiger partial charge on any atom is -0.481 e. The maximum absolute atomic E-state index is 12.5. The zero-order valence-electron chi connectivity index (χ0n) is 22.5. The van der Waals surface area contributed by atoms with Crippen molar-refractivity contribution in [2.75, 3.05) is 0 Å². The maximum atomic E-state index is 12.5. The second-order valence-corrected chi connectivity index (χ2v) is 14.6. The van der Waals surface area contributed by atoms with E-state index in [2.05, 4.69) is 47.6 Å². The van der Waals surface area contributed by atoms with Gasteiger partial charge in [0.25, 0.3) is 0 Å². The first kappa shape index (κ1) is 24.8. The summed E-state index contributed by atoms with van der Waals surface area (Å²) < 4.78 is 0. The van der Waals surface area contributed by atoms with Crippen LogP contribution in [0.4, 0.5) is 0 Å². The van der Waals surface area contributed by atoms with Crippen molar-refractivity contribution in [3.63, 3.8) is 0 Å². The van der Waals surface area contributed by atoms with Gasteiger partial charge in [0.2, 0.25) is 0 Å². The maximum Gasteiger partial charge on any atom is 0.312 e. The fraction of sp³-hybridized carbons (Fsp3) is 0.900. The third kappa shape index (κ3) is 2.71. The van der Waals surface area contributed by atoms with Crippen LogP contribution in [0.3, 0.4) is 0 Å². The SMILES string of the molecule is CC(C)[C@H]1CC[C@@H]2[C@]1(C)CC[C@]1(C)[C@H]3CC[C@H]4C(C)(C(=O)O)[C@@H](O)[C@H](O)C[C@]4(C)C3=CC[C@@]21C. The van der Waals surface area contributed by atoms with Crippen LogP contribution < -0.4 is 0 Å². The van der Waals surface area contributed by atoms with Gasteiger partial charge in [0.15, 0.2) is 0 Å². The van der Waals surface area contributed by atoms with E-state index >= 15 is 0 Å². The van der Waals surface area contributed by atoms with E-state index in [1.165, 1.54) is 31.3 Å². The van der Waals surface area contributed by atoms with E-state index in [4.69, 9.17) is 0 Å². The first-order chi connectivity index (χ1) is 15.7. The Balaban J connectivity index is 1.58. The number of allylic oxidation sites excluding steroid dienone is 2. The normalized spacial score (nSPS) is 56.7. The first-order valence-electron chi connectivity index (χ1n) is 14.0. The summed E-state index contributed by atoms with van der Waals surface area (Å²) in [6, 6.07) is 0. The minimum atomic E-state index is -1.32. The highest BCUT2D eigenvalue weighted by Crippen LogP contribution is 2.76. The summed E-state index contributed by atoms with van der Waals surface area (Å²) in [5.41, 5.74) is 0.578. The van der Waals surface area contributed by atoms with Gasteiger partial charge in [-0.1, -0.05) is 53.2 Å². The average Bonchev–Trinajstić information content (AvgIpc) is 3.11. The molecule has 0 aliphatic heterocycles. The van der Waals surface area contributed by atoms with Crippen molar-refractivity contribution in [3.05, 3.63) is 11.6 Å². The molecular formula is C30H48O4. The lowest BCUT2D eigenvalue weighted by Gasteiger charge is -2.69. The van der Waals surface area contributed by atoms with Gasteiger partial charge in [0, 0.05) is 0 Å². The molecule has 4 fully saturated rings. The van der Waals surface area contributed by atoms with Crippen LogP contribution >= 0.6 is 0 Å². The Morgan fingerprint density at radius 2 is 1.59 bits per heavy atom. The Kier molecular flexibility index (Phi) is 5.36. The van der Waals surface area contributed by atoms with Crippen LogP contribution in [0.15, 0.2) is 11.6 Å². The molecule has 4 saturated carbocycles. The summed E-state index contributed by atoms with van der Waals surface area (Å²) in [6.07, 6.45) is 8.85. The van der Waals surface area contributed by atoms with E-state index in [-0.39, 0.29) is 22.2 Å². The number of fused-ring (bicyclic) bond motifs is 7.